The van der Waals surface area contributed by atoms with Crippen LogP contribution in [-0.4, -0.2) is 26.4 Å². The molecular formula is C21H22Cl2N4O2S. The first-order chi connectivity index (χ1) is 14.5. The topological polar surface area (TPSA) is 69.0 Å². The third-order valence-corrected chi connectivity index (χ3v) is 5.79. The molecule has 3 rings (SSSR count). The van der Waals surface area contributed by atoms with Crippen molar-refractivity contribution < 1.29 is 9.53 Å². The average Bonchev–Trinajstić information content (AvgIpc) is 3.16. The SMILES string of the molecule is CCn1c(SCC(=O)NCc2ccccc2)nnc1C(C)Oc1ccc(Cl)cc1Cl. The van der Waals surface area contributed by atoms with Crippen LogP contribution >= 0.6 is 35.0 Å². The summed E-state index contributed by atoms with van der Waals surface area (Å²) >= 11 is 13.5. The van der Waals surface area contributed by atoms with Gasteiger partial charge in [0.1, 0.15) is 5.75 Å². The minimum Gasteiger partial charge on any atom is -0.481 e. The maximum atomic E-state index is 12.2. The first-order valence-corrected chi connectivity index (χ1v) is 11.2. The Labute approximate surface area is 189 Å². The second kappa shape index (κ2) is 10.7. The number of amides is 1. The molecule has 0 bridgehead atoms. The van der Waals surface area contributed by atoms with Gasteiger partial charge in [0.25, 0.3) is 0 Å². The van der Waals surface area contributed by atoms with Gasteiger partial charge in [-0.05, 0) is 37.6 Å². The van der Waals surface area contributed by atoms with Crippen molar-refractivity contribution in [3.63, 3.8) is 0 Å². The number of aromatic nitrogens is 3. The molecule has 0 fully saturated rings. The molecule has 1 amide bonds. The van der Waals surface area contributed by atoms with Crippen molar-refractivity contribution in [3.05, 3.63) is 70.0 Å². The van der Waals surface area contributed by atoms with E-state index in [1.807, 2.05) is 48.7 Å². The number of halogens is 2. The molecule has 0 aliphatic heterocycles. The minimum absolute atomic E-state index is 0.0618. The van der Waals surface area contributed by atoms with E-state index in [4.69, 9.17) is 27.9 Å². The van der Waals surface area contributed by atoms with Crippen molar-refractivity contribution in [1.29, 1.82) is 0 Å². The van der Waals surface area contributed by atoms with E-state index in [0.717, 1.165) is 5.56 Å². The van der Waals surface area contributed by atoms with E-state index in [2.05, 4.69) is 15.5 Å². The van der Waals surface area contributed by atoms with Crippen LogP contribution in [0.15, 0.2) is 53.7 Å². The summed E-state index contributed by atoms with van der Waals surface area (Å²) < 4.78 is 7.89. The van der Waals surface area contributed by atoms with Crippen LogP contribution < -0.4 is 10.1 Å². The average molecular weight is 465 g/mol. The van der Waals surface area contributed by atoms with E-state index in [-0.39, 0.29) is 17.8 Å². The predicted molar refractivity (Wildman–Crippen MR) is 120 cm³/mol. The lowest BCUT2D eigenvalue weighted by atomic mass is 10.2. The predicted octanol–water partition coefficient (Wildman–Crippen LogP) is 5.15. The molecule has 2 aromatic carbocycles. The Balaban J connectivity index is 1.59. The van der Waals surface area contributed by atoms with Gasteiger partial charge in [0.05, 0.1) is 10.8 Å². The Morgan fingerprint density at radius 1 is 1.20 bits per heavy atom. The van der Waals surface area contributed by atoms with Crippen molar-refractivity contribution in [2.75, 3.05) is 5.75 Å². The zero-order chi connectivity index (χ0) is 21.5. The molecule has 0 radical (unpaired) electrons. The monoisotopic (exact) mass is 464 g/mol. The van der Waals surface area contributed by atoms with Gasteiger partial charge in [-0.25, -0.2) is 0 Å². The Morgan fingerprint density at radius 3 is 2.67 bits per heavy atom. The summed E-state index contributed by atoms with van der Waals surface area (Å²) in [7, 11) is 0. The van der Waals surface area contributed by atoms with Crippen molar-refractivity contribution in [2.45, 2.75) is 38.2 Å². The van der Waals surface area contributed by atoms with Crippen LogP contribution in [-0.2, 0) is 17.9 Å². The lowest BCUT2D eigenvalue weighted by Crippen LogP contribution is -2.24. The number of rotatable bonds is 9. The fraction of sp³-hybridized carbons (Fsp3) is 0.286. The van der Waals surface area contributed by atoms with Gasteiger partial charge >= 0.3 is 0 Å². The molecule has 9 heteroatoms. The maximum absolute atomic E-state index is 12.2. The number of benzene rings is 2. The highest BCUT2D eigenvalue weighted by Crippen LogP contribution is 2.31. The van der Waals surface area contributed by atoms with E-state index >= 15 is 0 Å². The van der Waals surface area contributed by atoms with Gasteiger partial charge in [-0.15, -0.1) is 10.2 Å². The van der Waals surface area contributed by atoms with Crippen molar-refractivity contribution in [3.8, 4) is 5.75 Å². The summed E-state index contributed by atoms with van der Waals surface area (Å²) in [4.78, 5) is 12.2. The highest BCUT2D eigenvalue weighted by molar-refractivity contribution is 7.99. The quantitative estimate of drug-likeness (QED) is 0.443. The third kappa shape index (κ3) is 5.90. The highest BCUT2D eigenvalue weighted by atomic mass is 35.5. The molecule has 158 valence electrons. The van der Waals surface area contributed by atoms with Crippen LogP contribution in [0.25, 0.3) is 0 Å². The van der Waals surface area contributed by atoms with E-state index in [1.165, 1.54) is 11.8 Å². The van der Waals surface area contributed by atoms with Crippen molar-refractivity contribution in [2.24, 2.45) is 0 Å². The van der Waals surface area contributed by atoms with E-state index in [1.54, 1.807) is 18.2 Å². The van der Waals surface area contributed by atoms with Gasteiger partial charge in [-0.1, -0.05) is 65.3 Å². The Hall–Kier alpha value is -2.22. The molecule has 6 nitrogen and oxygen atoms in total. The fourth-order valence-electron chi connectivity index (χ4n) is 2.80. The molecule has 1 N–H and O–H groups in total. The first kappa shape index (κ1) is 22.5. The summed E-state index contributed by atoms with van der Waals surface area (Å²) in [5.74, 6) is 1.38. The van der Waals surface area contributed by atoms with Gasteiger partial charge in [0, 0.05) is 18.1 Å². The van der Waals surface area contributed by atoms with Crippen LogP contribution in [0.2, 0.25) is 10.0 Å². The molecule has 0 saturated carbocycles. The minimum atomic E-state index is -0.377. The number of carbonyl (C=O) groups is 1. The number of hydrogen-bond donors (Lipinski definition) is 1. The molecule has 0 aliphatic rings. The lowest BCUT2D eigenvalue weighted by molar-refractivity contribution is -0.118. The molecule has 0 saturated heterocycles. The van der Waals surface area contributed by atoms with Crippen LogP contribution in [0.5, 0.6) is 5.75 Å². The summed E-state index contributed by atoms with van der Waals surface area (Å²) in [6, 6.07) is 14.9. The molecule has 30 heavy (non-hydrogen) atoms. The fourth-order valence-corrected chi connectivity index (χ4v) is 4.09. The van der Waals surface area contributed by atoms with Crippen molar-refractivity contribution in [1.82, 2.24) is 20.1 Å². The van der Waals surface area contributed by atoms with E-state index in [9.17, 15) is 4.79 Å². The normalized spacial score (nSPS) is 11.9. The maximum Gasteiger partial charge on any atom is 0.230 e. The molecule has 1 aromatic heterocycles. The largest absolute Gasteiger partial charge is 0.481 e. The summed E-state index contributed by atoms with van der Waals surface area (Å²) in [5, 5.41) is 13.1. The van der Waals surface area contributed by atoms with Gasteiger partial charge in [-0.3, -0.25) is 4.79 Å². The van der Waals surface area contributed by atoms with Gasteiger partial charge in [0.2, 0.25) is 5.91 Å². The third-order valence-electron chi connectivity index (χ3n) is 4.29. The molecule has 1 atom stereocenters. The van der Waals surface area contributed by atoms with Gasteiger partial charge in [0.15, 0.2) is 17.1 Å². The summed E-state index contributed by atoms with van der Waals surface area (Å²) in [6.45, 7) is 5.02. The van der Waals surface area contributed by atoms with Gasteiger partial charge < -0.3 is 14.6 Å². The Kier molecular flexibility index (Phi) is 8.01. The van der Waals surface area contributed by atoms with Crippen LogP contribution in [0, 0.1) is 0 Å². The standard InChI is InChI=1S/C21H22Cl2N4O2S/c1-3-27-20(14(2)29-18-10-9-16(22)11-17(18)23)25-26-21(27)30-13-19(28)24-12-15-7-5-4-6-8-15/h4-11,14H,3,12-13H2,1-2H3,(H,24,28). The van der Waals surface area contributed by atoms with E-state index < -0.39 is 0 Å². The van der Waals surface area contributed by atoms with Crippen molar-refractivity contribution >= 4 is 40.9 Å². The Morgan fingerprint density at radius 2 is 1.97 bits per heavy atom. The molecular weight excluding hydrogens is 443 g/mol. The second-order valence-corrected chi connectivity index (χ2v) is 8.26. The number of carbonyl (C=O) groups excluding carboxylic acids is 1. The Bertz CT molecular complexity index is 998. The van der Waals surface area contributed by atoms with E-state index in [0.29, 0.717) is 39.9 Å². The number of hydrogen-bond acceptors (Lipinski definition) is 5. The second-order valence-electron chi connectivity index (χ2n) is 6.47. The summed E-state index contributed by atoms with van der Waals surface area (Å²) in [5.41, 5.74) is 1.06. The number of thioether (sulfide) groups is 1. The van der Waals surface area contributed by atoms with Gasteiger partial charge in [-0.2, -0.15) is 0 Å². The number of nitrogens with one attached hydrogen (secondary N) is 1. The molecule has 0 aliphatic carbocycles. The van der Waals surface area contributed by atoms with Crippen LogP contribution in [0.1, 0.15) is 31.3 Å². The molecule has 1 unspecified atom stereocenters. The number of nitrogens with zero attached hydrogens (tertiary/aromatic N) is 3. The molecule has 3 aromatic rings. The zero-order valence-electron chi connectivity index (χ0n) is 16.6. The summed E-state index contributed by atoms with van der Waals surface area (Å²) in [6.07, 6.45) is -0.377. The van der Waals surface area contributed by atoms with Crippen LogP contribution in [0.3, 0.4) is 0 Å². The number of ether oxygens (including phenoxy) is 1. The lowest BCUT2D eigenvalue weighted by Gasteiger charge is -2.16. The van der Waals surface area contributed by atoms with Crippen LogP contribution in [0.4, 0.5) is 0 Å². The zero-order valence-corrected chi connectivity index (χ0v) is 19.0. The first-order valence-electron chi connectivity index (χ1n) is 9.46. The molecule has 1 heterocycles. The smallest absolute Gasteiger partial charge is 0.230 e. The highest BCUT2D eigenvalue weighted by Gasteiger charge is 2.20. The molecule has 0 spiro atoms.